The van der Waals surface area contributed by atoms with E-state index in [-0.39, 0.29) is 17.8 Å². The number of thioether (sulfide) groups is 1. The molecule has 0 radical (unpaired) electrons. The van der Waals surface area contributed by atoms with E-state index >= 15 is 0 Å². The maximum Gasteiger partial charge on any atom is 0.237 e. The van der Waals surface area contributed by atoms with Gasteiger partial charge in [-0.25, -0.2) is 4.98 Å². The highest BCUT2D eigenvalue weighted by Crippen LogP contribution is 2.43. The molecule has 3 heterocycles. The van der Waals surface area contributed by atoms with Crippen LogP contribution in [0.4, 0.5) is 5.69 Å². The molecule has 1 aliphatic heterocycles. The number of anilines is 1. The summed E-state index contributed by atoms with van der Waals surface area (Å²) in [6, 6.07) is 14.1. The predicted molar refractivity (Wildman–Crippen MR) is 154 cm³/mol. The zero-order valence-corrected chi connectivity index (χ0v) is 23.6. The molecule has 1 amide bonds. The molecule has 0 fully saturated rings. The number of benzene rings is 2. The second-order valence-electron chi connectivity index (χ2n) is 9.94. The number of aliphatic hydroxyl groups is 1. The SMILES string of the molecule is CCC(Sc1nc(-c2ccc(C)cc2)nc2c1Cc1c(CO)cnc(C)c1O2)C(=O)Nc1cc(C)ccc1C. The molecule has 1 unspecified atom stereocenters. The van der Waals surface area contributed by atoms with E-state index in [0.717, 1.165) is 44.8 Å². The van der Waals surface area contributed by atoms with Crippen molar-refractivity contribution in [3.63, 3.8) is 0 Å². The quantitative estimate of drug-likeness (QED) is 0.180. The molecule has 8 heteroatoms. The zero-order valence-electron chi connectivity index (χ0n) is 22.8. The number of hydrogen-bond acceptors (Lipinski definition) is 7. The molecule has 0 bridgehead atoms. The van der Waals surface area contributed by atoms with E-state index in [1.54, 1.807) is 6.20 Å². The third kappa shape index (κ3) is 5.53. The van der Waals surface area contributed by atoms with Gasteiger partial charge in [-0.15, -0.1) is 0 Å². The fourth-order valence-corrected chi connectivity index (χ4v) is 5.61. The number of nitrogens with zero attached hydrogens (tertiary/aromatic N) is 3. The summed E-state index contributed by atoms with van der Waals surface area (Å²) >= 11 is 1.42. The van der Waals surface area contributed by atoms with Crippen molar-refractivity contribution >= 4 is 23.4 Å². The molecule has 1 atom stereocenters. The van der Waals surface area contributed by atoms with E-state index in [2.05, 4.69) is 10.3 Å². The first kappa shape index (κ1) is 26.8. The molecule has 0 spiro atoms. The number of rotatable bonds is 7. The maximum absolute atomic E-state index is 13.5. The van der Waals surface area contributed by atoms with Crippen molar-refractivity contribution in [2.24, 2.45) is 0 Å². The highest BCUT2D eigenvalue weighted by molar-refractivity contribution is 8.00. The average molecular weight is 541 g/mol. The van der Waals surface area contributed by atoms with Crippen LogP contribution in [0.25, 0.3) is 11.4 Å². The molecule has 1 aliphatic rings. The van der Waals surface area contributed by atoms with Crippen LogP contribution in [0, 0.1) is 27.7 Å². The minimum absolute atomic E-state index is 0.0753. The third-order valence-corrected chi connectivity index (χ3v) is 8.33. The topological polar surface area (TPSA) is 97.2 Å². The summed E-state index contributed by atoms with van der Waals surface area (Å²) in [5.74, 6) is 1.54. The molecule has 5 rings (SSSR count). The zero-order chi connectivity index (χ0) is 27.7. The van der Waals surface area contributed by atoms with Crippen LogP contribution in [0.2, 0.25) is 0 Å². The summed E-state index contributed by atoms with van der Waals surface area (Å²) in [6.45, 7) is 9.77. The van der Waals surface area contributed by atoms with Crippen molar-refractivity contribution in [2.45, 2.75) is 64.3 Å². The van der Waals surface area contributed by atoms with Gasteiger partial charge in [-0.3, -0.25) is 9.78 Å². The monoisotopic (exact) mass is 540 g/mol. The predicted octanol–water partition coefficient (Wildman–Crippen LogP) is 6.47. The van der Waals surface area contributed by atoms with E-state index in [1.165, 1.54) is 11.8 Å². The lowest BCUT2D eigenvalue weighted by molar-refractivity contribution is -0.115. The highest BCUT2D eigenvalue weighted by Gasteiger charge is 2.30. The summed E-state index contributed by atoms with van der Waals surface area (Å²) in [7, 11) is 0. The molecule has 7 nitrogen and oxygen atoms in total. The Labute approximate surface area is 233 Å². The summed E-state index contributed by atoms with van der Waals surface area (Å²) < 4.78 is 6.34. The van der Waals surface area contributed by atoms with E-state index in [0.29, 0.717) is 40.9 Å². The number of aryl methyl sites for hydroxylation is 4. The Kier molecular flexibility index (Phi) is 7.68. The van der Waals surface area contributed by atoms with Crippen LogP contribution in [-0.2, 0) is 17.8 Å². The Morgan fingerprint density at radius 2 is 1.79 bits per heavy atom. The largest absolute Gasteiger partial charge is 0.436 e. The Morgan fingerprint density at radius 3 is 2.51 bits per heavy atom. The van der Waals surface area contributed by atoms with Gasteiger partial charge in [0, 0.05) is 35.0 Å². The number of pyridine rings is 1. The summed E-state index contributed by atoms with van der Waals surface area (Å²) in [5, 5.41) is 13.4. The van der Waals surface area contributed by atoms with E-state index in [9.17, 15) is 9.90 Å². The van der Waals surface area contributed by atoms with Gasteiger partial charge in [0.25, 0.3) is 0 Å². The molecular weight excluding hydrogens is 508 g/mol. The van der Waals surface area contributed by atoms with Crippen molar-refractivity contribution in [3.8, 4) is 23.0 Å². The van der Waals surface area contributed by atoms with Gasteiger partial charge in [-0.2, -0.15) is 4.98 Å². The molecule has 0 saturated carbocycles. The molecule has 200 valence electrons. The van der Waals surface area contributed by atoms with Crippen molar-refractivity contribution < 1.29 is 14.6 Å². The van der Waals surface area contributed by atoms with Crippen LogP contribution in [0.1, 0.15) is 52.4 Å². The average Bonchev–Trinajstić information content (AvgIpc) is 2.93. The normalized spacial score (nSPS) is 12.8. The van der Waals surface area contributed by atoms with Crippen LogP contribution in [0.15, 0.2) is 53.7 Å². The third-order valence-electron chi connectivity index (χ3n) is 6.94. The second-order valence-corrected chi connectivity index (χ2v) is 11.1. The number of hydrogen-bond donors (Lipinski definition) is 2. The first-order valence-electron chi connectivity index (χ1n) is 13.1. The Balaban J connectivity index is 1.55. The minimum Gasteiger partial charge on any atom is -0.436 e. The number of fused-ring (bicyclic) bond motifs is 2. The van der Waals surface area contributed by atoms with E-state index < -0.39 is 0 Å². The lowest BCUT2D eigenvalue weighted by Crippen LogP contribution is -2.25. The number of ether oxygens (including phenoxy) is 1. The van der Waals surface area contributed by atoms with Gasteiger partial charge in [0.1, 0.15) is 5.03 Å². The molecule has 2 aromatic heterocycles. The van der Waals surface area contributed by atoms with Crippen LogP contribution >= 0.6 is 11.8 Å². The lowest BCUT2D eigenvalue weighted by Gasteiger charge is -2.25. The lowest BCUT2D eigenvalue weighted by atomic mass is 9.99. The van der Waals surface area contributed by atoms with E-state index in [1.807, 2.05) is 77.1 Å². The smallest absolute Gasteiger partial charge is 0.237 e. The number of nitrogens with one attached hydrogen (secondary N) is 1. The van der Waals surface area contributed by atoms with Gasteiger partial charge in [0.2, 0.25) is 11.8 Å². The summed E-state index contributed by atoms with van der Waals surface area (Å²) in [4.78, 5) is 27.6. The van der Waals surface area contributed by atoms with E-state index in [4.69, 9.17) is 14.7 Å². The number of carbonyl (C=O) groups is 1. The number of aliphatic hydroxyl groups excluding tert-OH is 1. The molecule has 2 aromatic carbocycles. The minimum atomic E-state index is -0.382. The molecule has 0 saturated heterocycles. The first-order chi connectivity index (χ1) is 18.8. The molecule has 39 heavy (non-hydrogen) atoms. The van der Waals surface area contributed by atoms with Crippen LogP contribution < -0.4 is 10.1 Å². The van der Waals surface area contributed by atoms with Gasteiger partial charge >= 0.3 is 0 Å². The van der Waals surface area contributed by atoms with Crippen LogP contribution in [0.3, 0.4) is 0 Å². The fraction of sp³-hybridized carbons (Fsp3) is 0.290. The first-order valence-corrected chi connectivity index (χ1v) is 13.9. The maximum atomic E-state index is 13.5. The van der Waals surface area contributed by atoms with Crippen LogP contribution in [-0.4, -0.2) is 31.2 Å². The highest BCUT2D eigenvalue weighted by atomic mass is 32.2. The fourth-order valence-electron chi connectivity index (χ4n) is 4.56. The van der Waals surface area contributed by atoms with Crippen LogP contribution in [0.5, 0.6) is 11.6 Å². The van der Waals surface area contributed by atoms with Gasteiger partial charge in [0.05, 0.1) is 23.1 Å². The molecule has 0 aliphatic carbocycles. The summed E-state index contributed by atoms with van der Waals surface area (Å²) in [5.41, 5.74) is 8.05. The standard InChI is InChI=1S/C31H32N4O3S/c1-6-26(29(37)33-25-13-18(3)7-10-19(25)4)39-31-24-14-23-22(16-36)15-32-20(5)27(23)38-30(24)34-28(35-31)21-11-8-17(2)9-12-21/h7-13,15,26,36H,6,14,16H2,1-5H3,(H,33,37). The Bertz CT molecular complexity index is 1550. The van der Waals surface area contributed by atoms with Crippen molar-refractivity contribution in [2.75, 3.05) is 5.32 Å². The van der Waals surface area contributed by atoms with Gasteiger partial charge < -0.3 is 15.2 Å². The summed E-state index contributed by atoms with van der Waals surface area (Å²) in [6.07, 6.45) is 2.78. The molecule has 4 aromatic rings. The molecule has 2 N–H and O–H groups in total. The Hall–Kier alpha value is -3.75. The van der Waals surface area contributed by atoms with Gasteiger partial charge in [-0.1, -0.05) is 60.6 Å². The molecular formula is C31H32N4O3S. The Morgan fingerprint density at radius 1 is 1.05 bits per heavy atom. The van der Waals surface area contributed by atoms with Gasteiger partial charge in [0.15, 0.2) is 11.6 Å². The number of amides is 1. The number of carbonyl (C=O) groups excluding carboxylic acids is 1. The van der Waals surface area contributed by atoms with Gasteiger partial charge in [-0.05, 0) is 51.3 Å². The van der Waals surface area contributed by atoms with Crippen molar-refractivity contribution in [1.82, 2.24) is 15.0 Å². The second kappa shape index (κ2) is 11.2. The van der Waals surface area contributed by atoms with Crippen molar-refractivity contribution in [1.29, 1.82) is 0 Å². The van der Waals surface area contributed by atoms with Crippen molar-refractivity contribution in [3.05, 3.63) is 87.7 Å². The number of aromatic nitrogens is 3.